The lowest BCUT2D eigenvalue weighted by molar-refractivity contribution is -0.525. The van der Waals surface area contributed by atoms with Gasteiger partial charge >= 0.3 is 0 Å². The summed E-state index contributed by atoms with van der Waals surface area (Å²) in [6.45, 7) is 10.5. The number of aromatic nitrogens is 1. The third kappa shape index (κ3) is 3.54. The molecule has 0 fully saturated rings. The fourth-order valence-electron chi connectivity index (χ4n) is 3.83. The molecule has 2 N–H and O–H groups in total. The van der Waals surface area contributed by atoms with E-state index in [0.29, 0.717) is 5.02 Å². The van der Waals surface area contributed by atoms with Crippen LogP contribution in [0.25, 0.3) is 5.57 Å². The van der Waals surface area contributed by atoms with Crippen LogP contribution in [-0.2, 0) is 0 Å². The van der Waals surface area contributed by atoms with Crippen molar-refractivity contribution in [1.29, 1.82) is 0 Å². The Morgan fingerprint density at radius 3 is 2.77 bits per heavy atom. The van der Waals surface area contributed by atoms with Crippen molar-refractivity contribution in [2.45, 2.75) is 39.3 Å². The van der Waals surface area contributed by atoms with Crippen molar-refractivity contribution < 1.29 is 9.07 Å². The first-order valence-electron chi connectivity index (χ1n) is 10.1. The van der Waals surface area contributed by atoms with E-state index in [2.05, 4.69) is 44.0 Å². The van der Waals surface area contributed by atoms with E-state index in [-0.39, 0.29) is 17.9 Å². The summed E-state index contributed by atoms with van der Waals surface area (Å²) in [6, 6.07) is 12.4. The van der Waals surface area contributed by atoms with Crippen LogP contribution in [0.4, 0.5) is 10.2 Å². The Kier molecular flexibility index (Phi) is 5.48. The Bertz CT molecular complexity index is 1240. The van der Waals surface area contributed by atoms with E-state index in [0.717, 1.165) is 45.1 Å². The van der Waals surface area contributed by atoms with E-state index in [4.69, 9.17) is 16.6 Å². The second-order valence-corrected chi connectivity index (χ2v) is 8.08. The molecule has 4 rings (SSSR count). The SMILES string of the molecule is C=[N+](Nc1[nH]cc2c1C(C)=c1ccccc1=NC2c1ccc(F)cc1Cl)C(C)CC. The number of halogens is 2. The average Bonchev–Trinajstić information content (AvgIpc) is 3.09. The summed E-state index contributed by atoms with van der Waals surface area (Å²) in [4.78, 5) is 8.39. The number of nitrogens with one attached hydrogen (secondary N) is 2. The molecule has 4 nitrogen and oxygen atoms in total. The van der Waals surface area contributed by atoms with Gasteiger partial charge in [0.25, 0.3) is 0 Å². The van der Waals surface area contributed by atoms with Crippen LogP contribution in [0.15, 0.2) is 53.7 Å². The molecule has 1 aromatic heterocycles. The molecule has 0 bridgehead atoms. The highest BCUT2D eigenvalue weighted by molar-refractivity contribution is 6.31. The number of aromatic amines is 1. The Hall–Kier alpha value is -2.92. The topological polar surface area (TPSA) is 43.2 Å². The molecule has 2 atom stereocenters. The molecule has 2 aromatic carbocycles. The number of hydrazone groups is 1. The van der Waals surface area contributed by atoms with E-state index in [1.807, 2.05) is 29.1 Å². The van der Waals surface area contributed by atoms with Crippen molar-refractivity contribution in [2.24, 2.45) is 4.99 Å². The third-order valence-electron chi connectivity index (χ3n) is 5.79. The van der Waals surface area contributed by atoms with Crippen LogP contribution in [0, 0.1) is 5.82 Å². The molecule has 154 valence electrons. The molecule has 1 aliphatic rings. The largest absolute Gasteiger partial charge is 0.343 e. The maximum Gasteiger partial charge on any atom is 0.177 e. The summed E-state index contributed by atoms with van der Waals surface area (Å²) in [6.07, 6.45) is 2.92. The highest BCUT2D eigenvalue weighted by Crippen LogP contribution is 2.38. The highest BCUT2D eigenvalue weighted by atomic mass is 35.5. The lowest BCUT2D eigenvalue weighted by Crippen LogP contribution is -2.28. The predicted octanol–water partition coefficient (Wildman–Crippen LogP) is 4.59. The molecule has 0 spiro atoms. The van der Waals surface area contributed by atoms with Gasteiger partial charge in [-0.25, -0.2) is 4.39 Å². The molecule has 0 saturated carbocycles. The van der Waals surface area contributed by atoms with E-state index < -0.39 is 0 Å². The van der Waals surface area contributed by atoms with Crippen LogP contribution in [0.2, 0.25) is 5.02 Å². The number of H-pyrrole nitrogens is 1. The molecule has 0 radical (unpaired) electrons. The van der Waals surface area contributed by atoms with Gasteiger partial charge in [-0.3, -0.25) is 4.99 Å². The second-order valence-electron chi connectivity index (χ2n) is 7.67. The number of fused-ring (bicyclic) bond motifs is 2. The smallest absolute Gasteiger partial charge is 0.177 e. The zero-order valence-electron chi connectivity index (χ0n) is 17.3. The van der Waals surface area contributed by atoms with Crippen LogP contribution < -0.4 is 16.0 Å². The molecule has 0 aliphatic carbocycles. The van der Waals surface area contributed by atoms with Gasteiger partial charge in [0.1, 0.15) is 11.9 Å². The summed E-state index contributed by atoms with van der Waals surface area (Å²) in [7, 11) is 0. The monoisotopic (exact) mass is 423 g/mol. The quantitative estimate of drug-likeness (QED) is 0.352. The summed E-state index contributed by atoms with van der Waals surface area (Å²) < 4.78 is 15.6. The minimum atomic E-state index is -0.363. The van der Waals surface area contributed by atoms with Gasteiger partial charge in [-0.1, -0.05) is 42.8 Å². The zero-order chi connectivity index (χ0) is 21.4. The third-order valence-corrected chi connectivity index (χ3v) is 6.12. The number of hydrogen-bond acceptors (Lipinski definition) is 2. The van der Waals surface area contributed by atoms with Gasteiger partial charge in [-0.2, -0.15) is 0 Å². The Balaban J connectivity index is 1.96. The lowest BCUT2D eigenvalue weighted by Gasteiger charge is -2.15. The van der Waals surface area contributed by atoms with Gasteiger partial charge in [-0.05, 0) is 36.3 Å². The zero-order valence-corrected chi connectivity index (χ0v) is 18.1. The molecular formula is C24H25ClFN4+. The van der Waals surface area contributed by atoms with Crippen molar-refractivity contribution >= 4 is 29.7 Å². The second kappa shape index (κ2) is 8.07. The summed E-state index contributed by atoms with van der Waals surface area (Å²) in [5, 5.41) is 2.30. The first-order valence-corrected chi connectivity index (χ1v) is 10.4. The normalized spacial score (nSPS) is 16.2. The molecule has 0 saturated heterocycles. The Morgan fingerprint density at radius 1 is 1.27 bits per heavy atom. The van der Waals surface area contributed by atoms with Crippen LogP contribution in [0.5, 0.6) is 0 Å². The number of hydrogen-bond donors (Lipinski definition) is 2. The summed E-state index contributed by atoms with van der Waals surface area (Å²) >= 11 is 6.45. The maximum absolute atomic E-state index is 13.7. The number of hydrazine groups is 1. The number of rotatable bonds is 5. The van der Waals surface area contributed by atoms with Gasteiger partial charge < -0.3 is 4.98 Å². The van der Waals surface area contributed by atoms with Gasteiger partial charge in [-0.15, -0.1) is 10.1 Å². The Labute approximate surface area is 180 Å². The van der Waals surface area contributed by atoms with Gasteiger partial charge in [0, 0.05) is 40.9 Å². The van der Waals surface area contributed by atoms with Crippen molar-refractivity contribution in [2.75, 3.05) is 5.43 Å². The number of nitrogens with zero attached hydrogens (tertiary/aromatic N) is 2. The predicted molar refractivity (Wildman–Crippen MR) is 120 cm³/mol. The van der Waals surface area contributed by atoms with Crippen LogP contribution in [0.1, 0.15) is 49.9 Å². The molecule has 6 heteroatoms. The molecule has 30 heavy (non-hydrogen) atoms. The van der Waals surface area contributed by atoms with Crippen molar-refractivity contribution in [3.05, 3.63) is 86.8 Å². The molecule has 0 amide bonds. The highest BCUT2D eigenvalue weighted by Gasteiger charge is 2.27. The standard InChI is InChI=1S/C24H25ClFN4/c1-5-14(2)30(4)29-24-22-15(3)17-8-6-7-9-21(17)28-23(19(22)13-27-24)18-11-10-16(26)12-20(18)25/h6-14,23,27,29H,4-5H2,1-3H3/q+1. The molecular weight excluding hydrogens is 399 g/mol. The fourth-order valence-corrected chi connectivity index (χ4v) is 4.10. The van der Waals surface area contributed by atoms with Crippen molar-refractivity contribution in [1.82, 2.24) is 4.98 Å². The molecule has 2 unspecified atom stereocenters. The van der Waals surface area contributed by atoms with E-state index in [9.17, 15) is 4.39 Å². The Morgan fingerprint density at radius 2 is 2.03 bits per heavy atom. The van der Waals surface area contributed by atoms with E-state index in [1.165, 1.54) is 12.1 Å². The van der Waals surface area contributed by atoms with E-state index >= 15 is 0 Å². The average molecular weight is 424 g/mol. The van der Waals surface area contributed by atoms with Crippen LogP contribution in [-0.4, -0.2) is 22.4 Å². The summed E-state index contributed by atoms with van der Waals surface area (Å²) in [5.41, 5.74) is 7.28. The number of anilines is 1. The first-order chi connectivity index (χ1) is 14.4. The lowest BCUT2D eigenvalue weighted by atomic mass is 9.95. The molecule has 3 aromatic rings. The summed E-state index contributed by atoms with van der Waals surface area (Å²) in [5.74, 6) is 0.492. The number of benzene rings is 2. The maximum atomic E-state index is 13.7. The van der Waals surface area contributed by atoms with Crippen molar-refractivity contribution in [3.8, 4) is 0 Å². The minimum absolute atomic E-state index is 0.259. The number of para-hydroxylation sites is 1. The molecule has 1 aliphatic heterocycles. The minimum Gasteiger partial charge on any atom is -0.343 e. The van der Waals surface area contributed by atoms with Gasteiger partial charge in [0.2, 0.25) is 0 Å². The van der Waals surface area contributed by atoms with E-state index in [1.54, 1.807) is 6.07 Å². The van der Waals surface area contributed by atoms with Crippen LogP contribution >= 0.6 is 11.6 Å². The van der Waals surface area contributed by atoms with Crippen LogP contribution in [0.3, 0.4) is 0 Å². The first kappa shape index (κ1) is 20.4. The fraction of sp³-hybridized carbons (Fsp3) is 0.250. The van der Waals surface area contributed by atoms with Gasteiger partial charge in [0.05, 0.1) is 5.36 Å². The van der Waals surface area contributed by atoms with Crippen molar-refractivity contribution in [3.63, 3.8) is 0 Å². The molecule has 2 heterocycles. The van der Waals surface area contributed by atoms with Gasteiger partial charge in [0.15, 0.2) is 18.6 Å².